The van der Waals surface area contributed by atoms with Crippen molar-refractivity contribution in [3.63, 3.8) is 0 Å². The molecule has 4 amide bonds. The Kier molecular flexibility index (Phi) is 10.8. The van der Waals surface area contributed by atoms with Crippen LogP contribution in [-0.2, 0) is 19.1 Å². The Morgan fingerprint density at radius 1 is 0.806 bits per heavy atom. The molecule has 5 aromatic rings. The maximum absolute atomic E-state index is 14.1. The fraction of sp³-hybridized carbons (Fsp3) is 0.420. The summed E-state index contributed by atoms with van der Waals surface area (Å²) < 4.78 is 4.85. The van der Waals surface area contributed by atoms with Gasteiger partial charge >= 0.3 is 6.09 Å². The number of hydrogen-bond acceptors (Lipinski definition) is 6. The van der Waals surface area contributed by atoms with E-state index in [1.165, 1.54) is 7.11 Å². The van der Waals surface area contributed by atoms with Gasteiger partial charge in [0.25, 0.3) is 0 Å². The molecular weight excluding hydrogens is 779 g/mol. The quantitative estimate of drug-likeness (QED) is 0.102. The van der Waals surface area contributed by atoms with Crippen LogP contribution in [0.5, 0.6) is 0 Å². The molecule has 4 N–H and O–H groups in total. The molecule has 12 nitrogen and oxygen atoms in total. The van der Waals surface area contributed by atoms with E-state index in [0.717, 1.165) is 105 Å². The molecule has 2 aromatic heterocycles. The molecule has 0 spiro atoms. The number of carbonyl (C=O) groups is 4. The average Bonchev–Trinajstić information content (AvgIpc) is 4.14. The molecule has 2 aliphatic heterocycles. The Balaban J connectivity index is 0.935. The van der Waals surface area contributed by atoms with Gasteiger partial charge in [-0.1, -0.05) is 71.5 Å². The number of H-pyrrole nitrogens is 2. The average molecular weight is 836 g/mol. The molecule has 2 bridgehead atoms. The van der Waals surface area contributed by atoms with E-state index >= 15 is 0 Å². The number of alkyl carbamates (subject to hydrolysis) is 1. The van der Waals surface area contributed by atoms with Crippen LogP contribution in [0.15, 0.2) is 73.3 Å². The molecule has 6 atom stereocenters. The smallest absolute Gasteiger partial charge is 0.407 e. The lowest BCUT2D eigenvalue weighted by molar-refractivity contribution is -0.139. The monoisotopic (exact) mass is 835 g/mol. The minimum atomic E-state index is -0.688. The second-order valence-electron chi connectivity index (χ2n) is 18.3. The van der Waals surface area contributed by atoms with Crippen LogP contribution in [-0.4, -0.2) is 80.3 Å². The van der Waals surface area contributed by atoms with Crippen molar-refractivity contribution in [3.8, 4) is 33.5 Å². The number of fused-ring (bicyclic) bond motifs is 6. The van der Waals surface area contributed by atoms with Crippen LogP contribution in [0.25, 0.3) is 50.1 Å². The van der Waals surface area contributed by atoms with Crippen LogP contribution in [0.1, 0.15) is 108 Å². The number of piperidine rings is 1. The van der Waals surface area contributed by atoms with E-state index < -0.39 is 18.2 Å². The molecule has 3 aromatic carbocycles. The zero-order chi connectivity index (χ0) is 43.6. The largest absolute Gasteiger partial charge is 0.453 e. The van der Waals surface area contributed by atoms with Crippen LogP contribution in [0.4, 0.5) is 4.79 Å². The summed E-state index contributed by atoms with van der Waals surface area (Å²) in [7, 11) is 1.31. The van der Waals surface area contributed by atoms with Gasteiger partial charge in [-0.25, -0.2) is 9.78 Å². The Morgan fingerprint density at radius 3 is 2.19 bits per heavy atom. The lowest BCUT2D eigenvalue weighted by atomic mass is 9.95. The molecule has 322 valence electrons. The Morgan fingerprint density at radius 2 is 1.48 bits per heavy atom. The number of aromatic nitrogens is 3. The van der Waals surface area contributed by atoms with Crippen LogP contribution < -0.4 is 10.6 Å². The van der Waals surface area contributed by atoms with E-state index in [4.69, 9.17) is 9.72 Å². The van der Waals surface area contributed by atoms with Crippen molar-refractivity contribution in [2.75, 3.05) is 13.7 Å². The first kappa shape index (κ1) is 41.2. The maximum atomic E-state index is 14.1. The van der Waals surface area contributed by atoms with E-state index in [2.05, 4.69) is 87.8 Å². The maximum Gasteiger partial charge on any atom is 0.407 e. The zero-order valence-corrected chi connectivity index (χ0v) is 36.5. The third-order valence-corrected chi connectivity index (χ3v) is 13.8. The molecule has 1 saturated carbocycles. The molecule has 62 heavy (non-hydrogen) atoms. The second kappa shape index (κ2) is 16.3. The summed E-state index contributed by atoms with van der Waals surface area (Å²) in [5.41, 5.74) is 12.4. The number of nitrogens with zero attached hydrogens (tertiary/aromatic N) is 3. The van der Waals surface area contributed by atoms with Crippen LogP contribution in [0.3, 0.4) is 0 Å². The predicted molar refractivity (Wildman–Crippen MR) is 241 cm³/mol. The lowest BCUT2D eigenvalue weighted by Crippen LogP contribution is -2.54. The number of hydrogen-bond donors (Lipinski definition) is 4. The van der Waals surface area contributed by atoms with Gasteiger partial charge in [0, 0.05) is 30.4 Å². The molecule has 0 unspecified atom stereocenters. The first-order valence-corrected chi connectivity index (χ1v) is 22.3. The first-order chi connectivity index (χ1) is 29.8. The van der Waals surface area contributed by atoms with Gasteiger partial charge in [0.05, 0.1) is 30.2 Å². The highest BCUT2D eigenvalue weighted by atomic mass is 16.5. The number of methoxy groups -OCH3 is 1. The lowest BCUT2D eigenvalue weighted by Gasteiger charge is -2.37. The number of imidazole rings is 1. The third-order valence-electron chi connectivity index (χ3n) is 13.8. The first-order valence-electron chi connectivity index (χ1n) is 22.3. The number of aromatic amines is 2. The molecule has 9 rings (SSSR count). The molecule has 12 heteroatoms. The van der Waals surface area contributed by atoms with E-state index in [-0.39, 0.29) is 47.7 Å². The van der Waals surface area contributed by atoms with E-state index in [1.807, 2.05) is 43.6 Å². The van der Waals surface area contributed by atoms with Gasteiger partial charge < -0.3 is 35.1 Å². The number of rotatable bonds is 11. The fourth-order valence-electron chi connectivity index (χ4n) is 10.5. The van der Waals surface area contributed by atoms with E-state index in [1.54, 1.807) is 6.92 Å². The number of benzene rings is 3. The van der Waals surface area contributed by atoms with Crippen LogP contribution in [0, 0.1) is 17.8 Å². The zero-order valence-electron chi connectivity index (χ0n) is 36.5. The number of likely N-dealkylation sites (tertiary alicyclic amines) is 2. The fourth-order valence-corrected chi connectivity index (χ4v) is 10.5. The van der Waals surface area contributed by atoms with Crippen molar-refractivity contribution in [3.05, 3.63) is 96.0 Å². The summed E-state index contributed by atoms with van der Waals surface area (Å²) >= 11 is 0. The summed E-state index contributed by atoms with van der Waals surface area (Å²) in [6.07, 6.45) is 4.43. The Bertz CT molecular complexity index is 2600. The minimum Gasteiger partial charge on any atom is -0.453 e. The SMILES string of the molecule is C=C1c2cc(-c3ccc4nc([C@@H]5[C@H]6CC[C@H](C6)N5C(=O)[C@@H](NC(=O)OC)C(C)C)[nH]c4c3)ccc2-c2ccc(-c3ccc([C@@H]4CCCN4C(=O)[C@@H](NC(=O)CC)C(C)C)[nH]3)cc21. The molecule has 4 aliphatic rings. The van der Waals surface area contributed by atoms with Gasteiger partial charge in [-0.15, -0.1) is 0 Å². The minimum absolute atomic E-state index is 0.0157. The highest BCUT2D eigenvalue weighted by Crippen LogP contribution is 2.51. The second-order valence-corrected chi connectivity index (χ2v) is 18.3. The third kappa shape index (κ3) is 7.16. The summed E-state index contributed by atoms with van der Waals surface area (Å²) in [5, 5.41) is 5.73. The number of ether oxygens (including phenoxy) is 1. The van der Waals surface area contributed by atoms with Crippen molar-refractivity contribution < 1.29 is 23.9 Å². The van der Waals surface area contributed by atoms with Crippen molar-refractivity contribution in [1.29, 1.82) is 0 Å². The highest BCUT2D eigenvalue weighted by molar-refractivity contribution is 6.02. The number of amides is 4. The van der Waals surface area contributed by atoms with Crippen molar-refractivity contribution >= 4 is 40.4 Å². The van der Waals surface area contributed by atoms with Gasteiger partial charge in [-0.3, -0.25) is 14.4 Å². The summed E-state index contributed by atoms with van der Waals surface area (Å²) in [6.45, 7) is 14.9. The van der Waals surface area contributed by atoms with Gasteiger partial charge in [0.15, 0.2) is 0 Å². The van der Waals surface area contributed by atoms with Gasteiger partial charge in [-0.2, -0.15) is 0 Å². The Hall–Kier alpha value is -6.17. The van der Waals surface area contributed by atoms with E-state index in [9.17, 15) is 19.2 Å². The molecule has 4 heterocycles. The topological polar surface area (TPSA) is 153 Å². The van der Waals surface area contributed by atoms with Gasteiger partial charge in [-0.05, 0) is 131 Å². The van der Waals surface area contributed by atoms with Crippen LogP contribution in [0.2, 0.25) is 0 Å². The van der Waals surface area contributed by atoms with Crippen molar-refractivity contribution in [2.24, 2.45) is 17.8 Å². The standard InChI is InChI=1S/C50H57N7O5/c1-8-43(58)54-44(26(2)3)48(59)56-21-9-10-42(56)40-20-19-38(51-40)31-13-17-35-34-16-12-29(23-36(34)28(6)37(35)24-31)30-14-18-39-41(25-30)53-47(52-39)46-32-11-15-33(22-32)57(46)49(60)45(27(4)5)55-50(61)62-7/h12-14,16-20,23-27,32-33,42,44-46,51H,6,8-11,15,21-22H2,1-5,7H3,(H,52,53)(H,54,58)(H,55,61)/t32-,33+,42-,44-,45-,46-/m0/s1. The predicted octanol–water partition coefficient (Wildman–Crippen LogP) is 8.91. The number of nitrogens with one attached hydrogen (secondary N) is 4. The molecule has 2 aliphatic carbocycles. The van der Waals surface area contributed by atoms with E-state index in [0.29, 0.717) is 18.9 Å². The molecule has 2 saturated heterocycles. The van der Waals surface area contributed by atoms with Crippen LogP contribution >= 0.6 is 0 Å². The summed E-state index contributed by atoms with van der Waals surface area (Å²) in [6, 6.07) is 22.2. The van der Waals surface area contributed by atoms with Crippen molar-refractivity contribution in [2.45, 2.75) is 103 Å². The summed E-state index contributed by atoms with van der Waals surface area (Å²) in [5.74, 6) is 0.739. The van der Waals surface area contributed by atoms with Crippen molar-refractivity contribution in [1.82, 2.24) is 35.4 Å². The Labute approximate surface area is 362 Å². The molecular formula is C50H57N7O5. The highest BCUT2D eigenvalue weighted by Gasteiger charge is 2.51. The van der Waals surface area contributed by atoms with Gasteiger partial charge in [0.1, 0.15) is 17.9 Å². The number of carbonyl (C=O) groups excluding carboxylic acids is 4. The molecule has 0 radical (unpaired) electrons. The summed E-state index contributed by atoms with van der Waals surface area (Å²) in [4.78, 5) is 68.5. The molecule has 3 fully saturated rings. The normalized spacial score (nSPS) is 21.1. The van der Waals surface area contributed by atoms with Gasteiger partial charge in [0.2, 0.25) is 17.7 Å².